The lowest BCUT2D eigenvalue weighted by molar-refractivity contribution is 0.135. The molecule has 0 radical (unpaired) electrons. The first-order valence-electron chi connectivity index (χ1n) is 11.7. The molecule has 1 unspecified atom stereocenters. The standard InChI is InChI=1S/C24H33N5OS3/c25-23(22-8-4-15-31-22)27-20-6-3-5-19(17-20)18-28-11-13-29(14-12-28)24(30)26-10-2-1-7-21-9-16-32-33-21/h3-6,8,15,17,21H,1-2,7,9-14,16,18H2,(H2,25,27)(H,26,30). The number of rotatable bonds is 9. The molecular formula is C24H33N5OS3. The number of piperazine rings is 1. The zero-order valence-corrected chi connectivity index (χ0v) is 21.4. The van der Waals surface area contributed by atoms with Crippen LogP contribution in [-0.2, 0) is 6.54 Å². The fourth-order valence-corrected chi connectivity index (χ4v) is 7.73. The number of amides is 2. The van der Waals surface area contributed by atoms with Crippen molar-refractivity contribution in [2.45, 2.75) is 37.5 Å². The number of amidine groups is 1. The minimum absolute atomic E-state index is 0.0841. The van der Waals surface area contributed by atoms with E-state index in [4.69, 9.17) is 5.73 Å². The molecule has 2 aromatic rings. The Hall–Kier alpha value is -1.68. The molecule has 33 heavy (non-hydrogen) atoms. The predicted octanol–water partition coefficient (Wildman–Crippen LogP) is 4.94. The summed E-state index contributed by atoms with van der Waals surface area (Å²) in [6.07, 6.45) is 4.89. The summed E-state index contributed by atoms with van der Waals surface area (Å²) in [6, 6.07) is 12.3. The number of nitrogens with zero attached hydrogens (tertiary/aromatic N) is 3. The van der Waals surface area contributed by atoms with E-state index in [2.05, 4.69) is 27.3 Å². The smallest absolute Gasteiger partial charge is 0.317 e. The van der Waals surface area contributed by atoms with Crippen molar-refractivity contribution in [2.24, 2.45) is 10.7 Å². The summed E-state index contributed by atoms with van der Waals surface area (Å²) < 4.78 is 0. The van der Waals surface area contributed by atoms with Gasteiger partial charge in [-0.2, -0.15) is 0 Å². The fourth-order valence-electron chi connectivity index (χ4n) is 4.08. The molecule has 9 heteroatoms. The topological polar surface area (TPSA) is 74.0 Å². The van der Waals surface area contributed by atoms with Gasteiger partial charge in [-0.25, -0.2) is 9.79 Å². The van der Waals surface area contributed by atoms with Crippen molar-refractivity contribution < 1.29 is 4.79 Å². The number of urea groups is 1. The molecule has 6 nitrogen and oxygen atoms in total. The molecular weight excluding hydrogens is 470 g/mol. The van der Waals surface area contributed by atoms with Crippen LogP contribution in [0.4, 0.5) is 10.5 Å². The molecule has 2 aliphatic rings. The molecule has 3 N–H and O–H groups in total. The van der Waals surface area contributed by atoms with E-state index < -0.39 is 0 Å². The maximum Gasteiger partial charge on any atom is 0.317 e. The summed E-state index contributed by atoms with van der Waals surface area (Å²) in [4.78, 5) is 22.4. The average Bonchev–Trinajstić information content (AvgIpc) is 3.54. The average molecular weight is 504 g/mol. The lowest BCUT2D eigenvalue weighted by atomic mass is 10.1. The first kappa shape index (κ1) is 24.4. The number of hydrogen-bond donors (Lipinski definition) is 2. The van der Waals surface area contributed by atoms with Crippen LogP contribution >= 0.6 is 32.9 Å². The van der Waals surface area contributed by atoms with Crippen molar-refractivity contribution in [1.29, 1.82) is 0 Å². The van der Waals surface area contributed by atoms with E-state index in [-0.39, 0.29) is 6.03 Å². The monoisotopic (exact) mass is 503 g/mol. The molecule has 0 bridgehead atoms. The van der Waals surface area contributed by atoms with E-state index in [9.17, 15) is 4.79 Å². The predicted molar refractivity (Wildman–Crippen MR) is 144 cm³/mol. The maximum absolute atomic E-state index is 12.5. The van der Waals surface area contributed by atoms with Crippen LogP contribution in [0.3, 0.4) is 0 Å². The van der Waals surface area contributed by atoms with E-state index in [0.717, 1.165) is 61.5 Å². The quantitative estimate of drug-likeness (QED) is 0.220. The van der Waals surface area contributed by atoms with Gasteiger partial charge in [0, 0.05) is 50.3 Å². The second-order valence-corrected chi connectivity index (χ2v) is 12.2. The number of benzene rings is 1. The molecule has 1 aromatic carbocycles. The molecule has 178 valence electrons. The number of hydrogen-bond acceptors (Lipinski definition) is 6. The Labute approximate surface area is 208 Å². The van der Waals surface area contributed by atoms with Crippen LogP contribution in [-0.4, -0.2) is 65.4 Å². The number of carbonyl (C=O) groups excluding carboxylic acids is 1. The normalized spacial score (nSPS) is 19.7. The third kappa shape index (κ3) is 7.67. The van der Waals surface area contributed by atoms with Gasteiger partial charge in [-0.05, 0) is 48.4 Å². The van der Waals surface area contributed by atoms with Crippen LogP contribution in [0.5, 0.6) is 0 Å². The molecule has 0 spiro atoms. The first-order chi connectivity index (χ1) is 16.2. The highest BCUT2D eigenvalue weighted by atomic mass is 33.1. The van der Waals surface area contributed by atoms with Crippen molar-refractivity contribution in [2.75, 3.05) is 38.5 Å². The Kier molecular flexibility index (Phi) is 9.40. The maximum atomic E-state index is 12.5. The second-order valence-electron chi connectivity index (χ2n) is 8.46. The highest BCUT2D eigenvalue weighted by Gasteiger charge is 2.21. The Bertz CT molecular complexity index is 907. The minimum Gasteiger partial charge on any atom is -0.383 e. The summed E-state index contributed by atoms with van der Waals surface area (Å²) in [5.74, 6) is 1.85. The summed E-state index contributed by atoms with van der Waals surface area (Å²) >= 11 is 1.59. The SMILES string of the molecule is N/C(=N\c1cccc(CN2CCN(C(=O)NCCCCC3CCSS3)CC2)c1)c1cccs1. The molecule has 0 saturated carbocycles. The molecule has 4 rings (SSSR count). The van der Waals surface area contributed by atoms with Crippen molar-refractivity contribution in [3.05, 3.63) is 52.2 Å². The first-order valence-corrected chi connectivity index (χ1v) is 14.9. The van der Waals surface area contributed by atoms with Crippen molar-refractivity contribution in [3.63, 3.8) is 0 Å². The molecule has 1 atom stereocenters. The second kappa shape index (κ2) is 12.7. The van der Waals surface area contributed by atoms with E-state index in [1.54, 1.807) is 11.3 Å². The van der Waals surface area contributed by atoms with Crippen molar-refractivity contribution in [3.8, 4) is 0 Å². The summed E-state index contributed by atoms with van der Waals surface area (Å²) in [5, 5.41) is 5.94. The minimum atomic E-state index is 0.0841. The number of nitrogens with two attached hydrogens (primary N) is 1. The number of unbranched alkanes of at least 4 members (excludes halogenated alkanes) is 1. The van der Waals surface area contributed by atoms with Crippen LogP contribution < -0.4 is 11.1 Å². The number of thiophene rings is 1. The summed E-state index contributed by atoms with van der Waals surface area (Å²) in [5.41, 5.74) is 8.23. The van der Waals surface area contributed by atoms with Crippen LogP contribution in [0.2, 0.25) is 0 Å². The van der Waals surface area contributed by atoms with E-state index in [1.807, 2.05) is 56.1 Å². The van der Waals surface area contributed by atoms with Crippen LogP contribution in [0, 0.1) is 0 Å². The number of nitrogens with one attached hydrogen (secondary N) is 1. The Morgan fingerprint density at radius 1 is 1.15 bits per heavy atom. The van der Waals surface area contributed by atoms with Gasteiger partial charge in [-0.1, -0.05) is 46.2 Å². The third-order valence-electron chi connectivity index (χ3n) is 5.96. The molecule has 2 amide bonds. The van der Waals surface area contributed by atoms with Gasteiger partial charge in [0.25, 0.3) is 0 Å². The van der Waals surface area contributed by atoms with Gasteiger partial charge in [-0.15, -0.1) is 11.3 Å². The lowest BCUT2D eigenvalue weighted by Crippen LogP contribution is -2.51. The third-order valence-corrected chi connectivity index (χ3v) is 9.85. The van der Waals surface area contributed by atoms with Crippen LogP contribution in [0.15, 0.2) is 46.8 Å². The van der Waals surface area contributed by atoms with Gasteiger partial charge in [0.05, 0.1) is 10.6 Å². The molecule has 2 fully saturated rings. The fraction of sp³-hybridized carbons (Fsp3) is 0.500. The Balaban J connectivity index is 1.16. The molecule has 0 aliphatic carbocycles. The van der Waals surface area contributed by atoms with Gasteiger partial charge < -0.3 is 16.0 Å². The highest BCUT2D eigenvalue weighted by Crippen LogP contribution is 2.39. The summed E-state index contributed by atoms with van der Waals surface area (Å²) in [7, 11) is 4.04. The molecule has 1 aromatic heterocycles. The number of aliphatic imine (C=N–C) groups is 1. The van der Waals surface area contributed by atoms with Crippen LogP contribution in [0.25, 0.3) is 0 Å². The lowest BCUT2D eigenvalue weighted by Gasteiger charge is -2.34. The van der Waals surface area contributed by atoms with E-state index >= 15 is 0 Å². The Morgan fingerprint density at radius 3 is 2.79 bits per heavy atom. The zero-order valence-electron chi connectivity index (χ0n) is 18.9. The highest BCUT2D eigenvalue weighted by molar-refractivity contribution is 8.77. The van der Waals surface area contributed by atoms with Crippen molar-refractivity contribution >= 4 is 50.5 Å². The van der Waals surface area contributed by atoms with Crippen molar-refractivity contribution in [1.82, 2.24) is 15.1 Å². The van der Waals surface area contributed by atoms with E-state index in [1.165, 1.54) is 30.6 Å². The number of carbonyl (C=O) groups is 1. The molecule has 2 saturated heterocycles. The van der Waals surface area contributed by atoms with Crippen LogP contribution in [0.1, 0.15) is 36.1 Å². The largest absolute Gasteiger partial charge is 0.383 e. The molecule has 2 aliphatic heterocycles. The van der Waals surface area contributed by atoms with Gasteiger partial charge in [0.2, 0.25) is 0 Å². The van der Waals surface area contributed by atoms with Gasteiger partial charge in [-0.3, -0.25) is 4.90 Å². The summed E-state index contributed by atoms with van der Waals surface area (Å²) in [6.45, 7) is 4.94. The Morgan fingerprint density at radius 2 is 2.03 bits per heavy atom. The van der Waals surface area contributed by atoms with Gasteiger partial charge >= 0.3 is 6.03 Å². The van der Waals surface area contributed by atoms with E-state index in [0.29, 0.717) is 5.84 Å². The zero-order chi connectivity index (χ0) is 22.9. The van der Waals surface area contributed by atoms with Gasteiger partial charge in [0.15, 0.2) is 0 Å². The van der Waals surface area contributed by atoms with Gasteiger partial charge in [0.1, 0.15) is 5.84 Å². The molecule has 3 heterocycles.